The van der Waals surface area contributed by atoms with Crippen LogP contribution in [-0.4, -0.2) is 30.8 Å². The van der Waals surface area contributed by atoms with Crippen LogP contribution in [0.2, 0.25) is 0 Å². The van der Waals surface area contributed by atoms with Crippen LogP contribution in [0.25, 0.3) is 22.2 Å². The molecule has 25 heavy (non-hydrogen) atoms. The first-order valence-electron chi connectivity index (χ1n) is 8.49. The van der Waals surface area contributed by atoms with Gasteiger partial charge in [-0.15, -0.1) is 0 Å². The zero-order valence-electron chi connectivity index (χ0n) is 14.4. The molecule has 1 atom stereocenters. The Labute approximate surface area is 145 Å². The van der Waals surface area contributed by atoms with E-state index < -0.39 is 0 Å². The second kappa shape index (κ2) is 6.33. The zero-order chi connectivity index (χ0) is 17.4. The molecule has 3 aromatic rings. The van der Waals surface area contributed by atoms with Gasteiger partial charge in [0, 0.05) is 23.6 Å². The van der Waals surface area contributed by atoms with Crippen molar-refractivity contribution in [3.8, 4) is 11.1 Å². The number of benzene rings is 1. The predicted octanol–water partition coefficient (Wildman–Crippen LogP) is 3.39. The molecular weight excluding hydrogens is 316 g/mol. The standard InChI is InChI=1S/C20H20N2O3/c1-13-5-3-4-6-15(13)17-11-19(23)25-20-16(17)7-8-18(21-20)22-9-10-24-12-14(22)2/h3-8,11,14H,9-10,12H2,1-2H3/t14-/m0/s1. The molecule has 5 heteroatoms. The average Bonchev–Trinajstić information content (AvgIpc) is 2.61. The normalized spacial score (nSPS) is 17.8. The second-order valence-electron chi connectivity index (χ2n) is 6.43. The first-order chi connectivity index (χ1) is 12.1. The lowest BCUT2D eigenvalue weighted by molar-refractivity contribution is 0.0985. The maximum atomic E-state index is 12.1. The molecule has 1 aliphatic rings. The molecule has 0 bridgehead atoms. The van der Waals surface area contributed by atoms with Gasteiger partial charge in [0.15, 0.2) is 0 Å². The molecule has 4 rings (SSSR count). The molecule has 5 nitrogen and oxygen atoms in total. The molecule has 0 unspecified atom stereocenters. The van der Waals surface area contributed by atoms with E-state index in [1.807, 2.05) is 43.3 Å². The van der Waals surface area contributed by atoms with Crippen molar-refractivity contribution in [2.45, 2.75) is 19.9 Å². The number of anilines is 1. The predicted molar refractivity (Wildman–Crippen MR) is 98.1 cm³/mol. The first-order valence-corrected chi connectivity index (χ1v) is 8.49. The molecule has 1 aromatic carbocycles. The molecule has 1 fully saturated rings. The minimum absolute atomic E-state index is 0.241. The summed E-state index contributed by atoms with van der Waals surface area (Å²) in [4.78, 5) is 18.9. The van der Waals surface area contributed by atoms with E-state index >= 15 is 0 Å². The van der Waals surface area contributed by atoms with E-state index in [0.717, 1.165) is 34.4 Å². The van der Waals surface area contributed by atoms with Crippen LogP contribution in [0.15, 0.2) is 51.7 Å². The third-order valence-corrected chi connectivity index (χ3v) is 4.69. The Balaban J connectivity index is 1.87. The number of aromatic nitrogens is 1. The molecule has 128 valence electrons. The van der Waals surface area contributed by atoms with Gasteiger partial charge in [0.05, 0.1) is 19.3 Å². The molecule has 0 radical (unpaired) electrons. The number of rotatable bonds is 2. The van der Waals surface area contributed by atoms with Crippen molar-refractivity contribution in [3.05, 3.63) is 58.4 Å². The Morgan fingerprint density at radius 3 is 2.80 bits per heavy atom. The van der Waals surface area contributed by atoms with Crippen molar-refractivity contribution >= 4 is 16.9 Å². The number of pyridine rings is 1. The fourth-order valence-corrected chi connectivity index (χ4v) is 3.36. The van der Waals surface area contributed by atoms with Gasteiger partial charge in [-0.05, 0) is 37.1 Å². The highest BCUT2D eigenvalue weighted by Gasteiger charge is 2.21. The minimum atomic E-state index is -0.384. The number of aryl methyl sites for hydroxylation is 1. The van der Waals surface area contributed by atoms with Gasteiger partial charge in [-0.25, -0.2) is 4.79 Å². The van der Waals surface area contributed by atoms with Crippen molar-refractivity contribution in [3.63, 3.8) is 0 Å². The molecular formula is C20H20N2O3. The molecule has 1 aliphatic heterocycles. The Hall–Kier alpha value is -2.66. The van der Waals surface area contributed by atoms with Gasteiger partial charge in [0.2, 0.25) is 5.71 Å². The summed E-state index contributed by atoms with van der Waals surface area (Å²) in [6.45, 7) is 6.27. The van der Waals surface area contributed by atoms with Gasteiger partial charge in [0.25, 0.3) is 0 Å². The van der Waals surface area contributed by atoms with Gasteiger partial charge < -0.3 is 14.1 Å². The fourth-order valence-electron chi connectivity index (χ4n) is 3.36. The summed E-state index contributed by atoms with van der Waals surface area (Å²) >= 11 is 0. The molecule has 1 saturated heterocycles. The van der Waals surface area contributed by atoms with E-state index in [0.29, 0.717) is 18.9 Å². The minimum Gasteiger partial charge on any atom is -0.404 e. The van der Waals surface area contributed by atoms with E-state index in [1.165, 1.54) is 0 Å². The van der Waals surface area contributed by atoms with Gasteiger partial charge in [0.1, 0.15) is 5.82 Å². The molecule has 0 amide bonds. The highest BCUT2D eigenvalue weighted by Crippen LogP contribution is 2.30. The van der Waals surface area contributed by atoms with Crippen LogP contribution in [0.4, 0.5) is 5.82 Å². The lowest BCUT2D eigenvalue weighted by Crippen LogP contribution is -2.44. The lowest BCUT2D eigenvalue weighted by Gasteiger charge is -2.34. The number of morpholine rings is 1. The summed E-state index contributed by atoms with van der Waals surface area (Å²) in [7, 11) is 0. The zero-order valence-corrected chi connectivity index (χ0v) is 14.4. The third-order valence-electron chi connectivity index (χ3n) is 4.69. The first kappa shape index (κ1) is 15.8. The third kappa shape index (κ3) is 2.91. The maximum Gasteiger partial charge on any atom is 0.338 e. The number of fused-ring (bicyclic) bond motifs is 1. The summed E-state index contributed by atoms with van der Waals surface area (Å²) in [5.41, 5.74) is 2.99. The van der Waals surface area contributed by atoms with Crippen LogP contribution in [0.1, 0.15) is 12.5 Å². The van der Waals surface area contributed by atoms with Gasteiger partial charge >= 0.3 is 5.63 Å². The van der Waals surface area contributed by atoms with Crippen molar-refractivity contribution in [1.82, 2.24) is 4.98 Å². The molecule has 0 spiro atoms. The van der Waals surface area contributed by atoms with Crippen molar-refractivity contribution in [2.75, 3.05) is 24.7 Å². The van der Waals surface area contributed by atoms with E-state index in [2.05, 4.69) is 16.8 Å². The van der Waals surface area contributed by atoms with Crippen LogP contribution in [0.3, 0.4) is 0 Å². The Morgan fingerprint density at radius 1 is 1.16 bits per heavy atom. The second-order valence-corrected chi connectivity index (χ2v) is 6.43. The summed E-state index contributed by atoms with van der Waals surface area (Å²) in [6, 6.07) is 13.8. The summed E-state index contributed by atoms with van der Waals surface area (Å²) in [6.07, 6.45) is 0. The number of ether oxygens (including phenoxy) is 1. The van der Waals surface area contributed by atoms with Crippen molar-refractivity contribution in [2.24, 2.45) is 0 Å². The van der Waals surface area contributed by atoms with Crippen LogP contribution in [0.5, 0.6) is 0 Å². The Morgan fingerprint density at radius 2 is 2.00 bits per heavy atom. The Bertz CT molecular complexity index is 980. The van der Waals surface area contributed by atoms with Gasteiger partial charge in [-0.1, -0.05) is 24.3 Å². The molecule has 2 aromatic heterocycles. The summed E-state index contributed by atoms with van der Waals surface area (Å²) in [5.74, 6) is 0.813. The number of hydrogen-bond donors (Lipinski definition) is 0. The highest BCUT2D eigenvalue weighted by atomic mass is 16.5. The lowest BCUT2D eigenvalue weighted by atomic mass is 9.99. The van der Waals surface area contributed by atoms with Gasteiger partial charge in [-0.3, -0.25) is 0 Å². The number of nitrogens with zero attached hydrogens (tertiary/aromatic N) is 2. The smallest absolute Gasteiger partial charge is 0.338 e. The quantitative estimate of drug-likeness (QED) is 0.718. The van der Waals surface area contributed by atoms with Gasteiger partial charge in [-0.2, -0.15) is 4.98 Å². The maximum absolute atomic E-state index is 12.1. The fraction of sp³-hybridized carbons (Fsp3) is 0.300. The SMILES string of the molecule is Cc1ccccc1-c1cc(=O)oc2nc(N3CCOC[C@@H]3C)ccc12. The highest BCUT2D eigenvalue weighted by molar-refractivity contribution is 5.92. The van der Waals surface area contributed by atoms with E-state index in [-0.39, 0.29) is 11.7 Å². The summed E-state index contributed by atoms with van der Waals surface area (Å²) in [5, 5.41) is 0.846. The van der Waals surface area contributed by atoms with Crippen LogP contribution >= 0.6 is 0 Å². The monoisotopic (exact) mass is 336 g/mol. The molecule has 0 aliphatic carbocycles. The van der Waals surface area contributed by atoms with E-state index in [9.17, 15) is 4.79 Å². The summed E-state index contributed by atoms with van der Waals surface area (Å²) < 4.78 is 10.9. The van der Waals surface area contributed by atoms with Crippen molar-refractivity contribution in [1.29, 1.82) is 0 Å². The largest absolute Gasteiger partial charge is 0.404 e. The topological polar surface area (TPSA) is 55.6 Å². The van der Waals surface area contributed by atoms with Crippen LogP contribution < -0.4 is 10.5 Å². The number of hydrogen-bond acceptors (Lipinski definition) is 5. The van der Waals surface area contributed by atoms with E-state index in [1.54, 1.807) is 6.07 Å². The molecule has 0 saturated carbocycles. The van der Waals surface area contributed by atoms with Crippen LogP contribution in [0, 0.1) is 6.92 Å². The molecule has 3 heterocycles. The van der Waals surface area contributed by atoms with Crippen molar-refractivity contribution < 1.29 is 9.15 Å². The Kier molecular flexibility index (Phi) is 4.01. The van der Waals surface area contributed by atoms with Crippen LogP contribution in [-0.2, 0) is 4.74 Å². The average molecular weight is 336 g/mol. The van der Waals surface area contributed by atoms with E-state index in [4.69, 9.17) is 9.15 Å². The molecule has 0 N–H and O–H groups in total.